The van der Waals surface area contributed by atoms with Gasteiger partial charge in [-0.25, -0.2) is 4.68 Å². The van der Waals surface area contributed by atoms with Crippen molar-refractivity contribution < 1.29 is 4.79 Å². The first-order chi connectivity index (χ1) is 15.9. The molecule has 4 aromatic rings. The fourth-order valence-electron chi connectivity index (χ4n) is 4.47. The highest BCUT2D eigenvalue weighted by Gasteiger charge is 2.21. The first-order valence-corrected chi connectivity index (χ1v) is 11.3. The van der Waals surface area contributed by atoms with Gasteiger partial charge >= 0.3 is 0 Å². The fourth-order valence-corrected chi connectivity index (χ4v) is 4.47. The van der Waals surface area contributed by atoms with Gasteiger partial charge in [-0.1, -0.05) is 18.9 Å². The van der Waals surface area contributed by atoms with Gasteiger partial charge in [0, 0.05) is 12.5 Å². The van der Waals surface area contributed by atoms with E-state index in [4.69, 9.17) is 0 Å². The minimum Gasteiger partial charge on any atom is -0.310 e. The zero-order chi connectivity index (χ0) is 23.1. The van der Waals surface area contributed by atoms with Crippen LogP contribution in [0.5, 0.6) is 0 Å². The Hall–Kier alpha value is -3.75. The van der Waals surface area contributed by atoms with E-state index in [1.165, 1.54) is 29.3 Å². The summed E-state index contributed by atoms with van der Waals surface area (Å²) < 4.78 is 3.12. The highest BCUT2D eigenvalue weighted by atomic mass is 16.1. The predicted molar refractivity (Wildman–Crippen MR) is 126 cm³/mol. The molecular weight excluding hydrogens is 418 g/mol. The third kappa shape index (κ3) is 4.06. The third-order valence-electron chi connectivity index (χ3n) is 6.41. The summed E-state index contributed by atoms with van der Waals surface area (Å²) in [6, 6.07) is 7.75. The average molecular weight is 446 g/mol. The molecule has 9 heteroatoms. The van der Waals surface area contributed by atoms with Crippen molar-refractivity contribution >= 4 is 22.8 Å². The number of nitrogens with one attached hydrogen (secondary N) is 2. The predicted octanol–water partition coefficient (Wildman–Crippen LogP) is 3.74. The highest BCUT2D eigenvalue weighted by Crippen LogP contribution is 2.28. The van der Waals surface area contributed by atoms with Crippen LogP contribution in [0.15, 0.2) is 35.3 Å². The van der Waals surface area contributed by atoms with Crippen molar-refractivity contribution in [1.82, 2.24) is 29.5 Å². The van der Waals surface area contributed by atoms with Crippen LogP contribution >= 0.6 is 0 Å². The molecule has 3 aromatic heterocycles. The van der Waals surface area contributed by atoms with Crippen molar-refractivity contribution in [2.45, 2.75) is 52.9 Å². The lowest BCUT2D eigenvalue weighted by atomic mass is 10.0. The van der Waals surface area contributed by atoms with Gasteiger partial charge in [0.2, 0.25) is 11.9 Å². The van der Waals surface area contributed by atoms with E-state index in [0.717, 1.165) is 24.1 Å². The van der Waals surface area contributed by atoms with Gasteiger partial charge in [0.25, 0.3) is 5.56 Å². The lowest BCUT2D eigenvalue weighted by Gasteiger charge is -2.11. The molecule has 1 aliphatic carbocycles. The molecule has 1 fully saturated rings. The maximum absolute atomic E-state index is 12.8. The number of benzene rings is 1. The number of aromatic nitrogens is 6. The number of hydrogen-bond acceptors (Lipinski definition) is 5. The normalized spacial score (nSPS) is 14.3. The van der Waals surface area contributed by atoms with Gasteiger partial charge in [-0.05, 0) is 62.8 Å². The molecule has 5 rings (SSSR count). The number of rotatable bonds is 5. The highest BCUT2D eigenvalue weighted by molar-refractivity contribution is 5.90. The second kappa shape index (κ2) is 8.31. The van der Waals surface area contributed by atoms with Crippen molar-refractivity contribution in [3.05, 3.63) is 57.6 Å². The van der Waals surface area contributed by atoms with Crippen molar-refractivity contribution in [2.75, 3.05) is 5.32 Å². The second-order valence-corrected chi connectivity index (χ2v) is 8.94. The van der Waals surface area contributed by atoms with E-state index in [9.17, 15) is 9.59 Å². The Balaban J connectivity index is 1.53. The molecule has 2 N–H and O–H groups in total. The van der Waals surface area contributed by atoms with Crippen LogP contribution in [0.3, 0.4) is 0 Å². The summed E-state index contributed by atoms with van der Waals surface area (Å²) >= 11 is 0. The van der Waals surface area contributed by atoms with Gasteiger partial charge in [-0.2, -0.15) is 19.9 Å². The van der Waals surface area contributed by atoms with Crippen LogP contribution in [-0.4, -0.2) is 35.4 Å². The zero-order valence-electron chi connectivity index (χ0n) is 19.1. The molecule has 0 bridgehead atoms. The Morgan fingerprint density at radius 2 is 1.91 bits per heavy atom. The van der Waals surface area contributed by atoms with E-state index in [1.807, 2.05) is 39.0 Å². The molecular formula is C24H27N7O2. The molecule has 170 valence electrons. The largest absolute Gasteiger partial charge is 0.310 e. The summed E-state index contributed by atoms with van der Waals surface area (Å²) in [5, 5.41) is 12.2. The summed E-state index contributed by atoms with van der Waals surface area (Å²) in [4.78, 5) is 32.9. The topological polar surface area (TPSA) is 110 Å². The van der Waals surface area contributed by atoms with E-state index in [2.05, 4.69) is 25.5 Å². The van der Waals surface area contributed by atoms with Crippen LogP contribution in [0.4, 0.5) is 5.82 Å². The van der Waals surface area contributed by atoms with Gasteiger partial charge in [0.15, 0.2) is 5.65 Å². The quantitative estimate of drug-likeness (QED) is 0.486. The van der Waals surface area contributed by atoms with Crippen molar-refractivity contribution in [3.8, 4) is 11.6 Å². The van der Waals surface area contributed by atoms with Crippen LogP contribution in [0.1, 0.15) is 48.9 Å². The lowest BCUT2D eigenvalue weighted by Crippen LogP contribution is -2.20. The Kier molecular flexibility index (Phi) is 5.32. The molecule has 1 amide bonds. The molecule has 0 atom stereocenters. The Morgan fingerprint density at radius 1 is 1.12 bits per heavy atom. The van der Waals surface area contributed by atoms with Crippen molar-refractivity contribution in [3.63, 3.8) is 0 Å². The number of amides is 1. The summed E-state index contributed by atoms with van der Waals surface area (Å²) in [6.07, 6.45) is 6.58. The van der Waals surface area contributed by atoms with Gasteiger partial charge in [0.05, 0.1) is 17.6 Å². The van der Waals surface area contributed by atoms with Crippen LogP contribution in [0.2, 0.25) is 0 Å². The van der Waals surface area contributed by atoms with E-state index < -0.39 is 0 Å². The maximum Gasteiger partial charge on any atom is 0.263 e. The maximum atomic E-state index is 12.8. The van der Waals surface area contributed by atoms with Gasteiger partial charge < -0.3 is 5.32 Å². The molecule has 1 aromatic carbocycles. The number of carbonyl (C=O) groups is 1. The van der Waals surface area contributed by atoms with Crippen LogP contribution in [0.25, 0.3) is 22.7 Å². The Bertz CT molecular complexity index is 1410. The van der Waals surface area contributed by atoms with E-state index in [0.29, 0.717) is 34.9 Å². The van der Waals surface area contributed by atoms with Gasteiger partial charge in [0.1, 0.15) is 11.2 Å². The second-order valence-electron chi connectivity index (χ2n) is 8.94. The molecule has 1 aliphatic rings. The summed E-state index contributed by atoms with van der Waals surface area (Å²) in [6.45, 7) is 5.91. The molecule has 0 unspecified atom stereocenters. The van der Waals surface area contributed by atoms with Crippen LogP contribution < -0.4 is 10.9 Å². The number of H-pyrrole nitrogens is 1. The molecule has 33 heavy (non-hydrogen) atoms. The zero-order valence-corrected chi connectivity index (χ0v) is 19.1. The number of aryl methyl sites for hydroxylation is 3. The van der Waals surface area contributed by atoms with Crippen LogP contribution in [0, 0.1) is 26.7 Å². The lowest BCUT2D eigenvalue weighted by molar-refractivity contribution is -0.117. The molecule has 1 saturated carbocycles. The first kappa shape index (κ1) is 21.1. The van der Waals surface area contributed by atoms with Gasteiger partial charge in [-0.15, -0.1) is 0 Å². The standard InChI is InChI=1S/C24H27N7O2/c1-14-8-9-18(10-15(14)2)30-22-19(13-25-30)23(33)28-24(27-22)31-20(11-16(3)29-31)26-21(32)12-17-6-4-5-7-17/h8-11,13,17H,4-7,12H2,1-3H3,(H,26,32)(H,27,28,33). The number of nitrogens with zero attached hydrogens (tertiary/aromatic N) is 5. The smallest absolute Gasteiger partial charge is 0.263 e. The number of fused-ring (bicyclic) bond motifs is 1. The molecule has 9 nitrogen and oxygen atoms in total. The molecule has 0 aliphatic heterocycles. The number of aromatic amines is 1. The van der Waals surface area contributed by atoms with Crippen molar-refractivity contribution in [2.24, 2.45) is 5.92 Å². The fraction of sp³-hybridized carbons (Fsp3) is 0.375. The van der Waals surface area contributed by atoms with Gasteiger partial charge in [-0.3, -0.25) is 14.6 Å². The minimum absolute atomic E-state index is 0.0494. The Labute approximate surface area is 190 Å². The average Bonchev–Trinajstić information content (AvgIpc) is 3.50. The number of hydrogen-bond donors (Lipinski definition) is 2. The number of anilines is 1. The molecule has 3 heterocycles. The van der Waals surface area contributed by atoms with E-state index in [1.54, 1.807) is 10.7 Å². The van der Waals surface area contributed by atoms with E-state index >= 15 is 0 Å². The van der Waals surface area contributed by atoms with E-state index in [-0.39, 0.29) is 17.4 Å². The van der Waals surface area contributed by atoms with Crippen molar-refractivity contribution in [1.29, 1.82) is 0 Å². The summed E-state index contributed by atoms with van der Waals surface area (Å²) in [7, 11) is 0. The summed E-state index contributed by atoms with van der Waals surface area (Å²) in [5.74, 6) is 1.09. The SMILES string of the molecule is Cc1cc(NC(=O)CC2CCCC2)n(-c2nc3c(cnn3-c3ccc(C)c(C)c3)c(=O)[nH]2)n1. The Morgan fingerprint density at radius 3 is 2.67 bits per heavy atom. The monoisotopic (exact) mass is 445 g/mol. The molecule has 0 saturated heterocycles. The van der Waals surface area contributed by atoms with Crippen LogP contribution in [-0.2, 0) is 4.79 Å². The summed E-state index contributed by atoms with van der Waals surface area (Å²) in [5.41, 5.74) is 3.92. The molecule has 0 radical (unpaired) electrons. The minimum atomic E-state index is -0.318. The number of carbonyl (C=O) groups excluding carboxylic acids is 1. The third-order valence-corrected chi connectivity index (χ3v) is 6.41. The first-order valence-electron chi connectivity index (χ1n) is 11.3. The molecule has 0 spiro atoms.